The number of rotatable bonds is 10. The van der Waals surface area contributed by atoms with Gasteiger partial charge in [0, 0.05) is 39.6 Å². The van der Waals surface area contributed by atoms with E-state index in [0.29, 0.717) is 11.3 Å². The number of benzene rings is 5. The summed E-state index contributed by atoms with van der Waals surface area (Å²) < 4.78 is 0. The molecular weight excluding hydrogens is 585 g/mol. The van der Waals surface area contributed by atoms with Gasteiger partial charge in [0.1, 0.15) is 0 Å². The van der Waals surface area contributed by atoms with Crippen LogP contribution >= 0.6 is 0 Å². The first-order valence-electron chi connectivity index (χ1n) is 15.7. The van der Waals surface area contributed by atoms with Crippen LogP contribution in [0.2, 0.25) is 0 Å². The fourth-order valence-corrected chi connectivity index (χ4v) is 5.06. The predicted octanol–water partition coefficient (Wildman–Crippen LogP) is 10.6. The van der Waals surface area contributed by atoms with Gasteiger partial charge in [0.25, 0.3) is 0 Å². The van der Waals surface area contributed by atoms with Crippen LogP contribution in [0.25, 0.3) is 52.6 Å². The number of nitrogens with zero attached hydrogens (tertiary/aromatic N) is 4. The van der Waals surface area contributed by atoms with Crippen molar-refractivity contribution >= 4 is 59.1 Å². The highest BCUT2D eigenvalue weighted by atomic mass is 15.1. The van der Waals surface area contributed by atoms with Crippen LogP contribution in [-0.4, -0.2) is 28.2 Å². The van der Waals surface area contributed by atoms with E-state index in [2.05, 4.69) is 106 Å². The molecule has 5 aromatic carbocycles. The van der Waals surface area contributed by atoms with Crippen molar-refractivity contribution in [2.24, 2.45) is 0 Å². The molecule has 0 atom stereocenters. The number of nitriles is 1. The quantitative estimate of drug-likeness (QED) is 0.0883. The van der Waals surface area contributed by atoms with Gasteiger partial charge in [0.05, 0.1) is 18.2 Å². The third-order valence-electron chi connectivity index (χ3n) is 7.98. The summed E-state index contributed by atoms with van der Waals surface area (Å²) in [6.07, 6.45) is 12.2. The third kappa shape index (κ3) is 8.88. The highest BCUT2D eigenvalue weighted by molar-refractivity contribution is 5.91. The zero-order valence-corrected chi connectivity index (χ0v) is 27.8. The molecule has 0 N–H and O–H groups in total. The molecule has 0 saturated carbocycles. The van der Waals surface area contributed by atoms with Crippen LogP contribution in [0.5, 0.6) is 0 Å². The summed E-state index contributed by atoms with van der Waals surface area (Å²) in [6, 6.07) is 43.1. The predicted molar refractivity (Wildman–Crippen MR) is 207 cm³/mol. The van der Waals surface area contributed by atoms with E-state index in [0.717, 1.165) is 44.5 Å². The molecule has 0 aliphatic carbocycles. The molecule has 0 amide bonds. The Balaban J connectivity index is 1.23. The summed E-state index contributed by atoms with van der Waals surface area (Å²) in [6.45, 7) is 7.81. The van der Waals surface area contributed by atoms with E-state index in [4.69, 9.17) is 6.57 Å². The Morgan fingerprint density at radius 3 is 1.19 bits per heavy atom. The second-order valence-electron chi connectivity index (χ2n) is 11.9. The van der Waals surface area contributed by atoms with Crippen molar-refractivity contribution in [3.05, 3.63) is 177 Å². The molecule has 0 aromatic heterocycles. The van der Waals surface area contributed by atoms with Crippen molar-refractivity contribution in [1.82, 2.24) is 0 Å². The lowest BCUT2D eigenvalue weighted by Gasteiger charge is -2.11. The van der Waals surface area contributed by atoms with Crippen LogP contribution in [0.3, 0.4) is 0 Å². The Morgan fingerprint density at radius 2 is 0.833 bits per heavy atom. The number of hydrogen-bond acceptors (Lipinski definition) is 3. The van der Waals surface area contributed by atoms with E-state index >= 15 is 0 Å². The molecule has 0 radical (unpaired) electrons. The van der Waals surface area contributed by atoms with E-state index in [-0.39, 0.29) is 0 Å². The van der Waals surface area contributed by atoms with Gasteiger partial charge in [0.15, 0.2) is 5.70 Å². The molecule has 0 saturated heterocycles. The van der Waals surface area contributed by atoms with E-state index in [1.807, 2.05) is 101 Å². The fraction of sp³-hybridized carbons (Fsp3) is 0.0909. The Bertz CT molecular complexity index is 1870. The summed E-state index contributed by atoms with van der Waals surface area (Å²) in [5.41, 5.74) is 11.4. The van der Waals surface area contributed by atoms with Gasteiger partial charge in [-0.3, -0.25) is 0 Å². The Morgan fingerprint density at radius 1 is 0.500 bits per heavy atom. The van der Waals surface area contributed by atoms with E-state index in [1.54, 1.807) is 0 Å². The molecule has 4 nitrogen and oxygen atoms in total. The zero-order valence-electron chi connectivity index (χ0n) is 27.8. The van der Waals surface area contributed by atoms with Crippen LogP contribution < -0.4 is 9.80 Å². The van der Waals surface area contributed by atoms with Gasteiger partial charge in [-0.05, 0) is 80.9 Å². The highest BCUT2D eigenvalue weighted by Gasteiger charge is 2.06. The standard InChI is InChI=1S/C44H38N4/c1-46-44(31-38-16-12-34(13-17-38)7-9-36-20-28-43(29-21-36)48(4)5)40-24-22-39(23-25-40)41(32-45)30-37-14-10-33(11-15-37)6-8-35-18-26-42(27-19-35)47(2)3/h6-31H,2-5H3/b8-6+,9-7+,41-30+,44-31-. The van der Waals surface area contributed by atoms with Gasteiger partial charge in [-0.1, -0.05) is 121 Å². The number of hydrogen-bond donors (Lipinski definition) is 0. The van der Waals surface area contributed by atoms with Gasteiger partial charge >= 0.3 is 0 Å². The molecule has 48 heavy (non-hydrogen) atoms. The molecule has 5 rings (SSSR count). The van der Waals surface area contributed by atoms with Crippen LogP contribution in [0, 0.1) is 17.9 Å². The van der Waals surface area contributed by atoms with Crippen molar-refractivity contribution in [3.63, 3.8) is 0 Å². The summed E-state index contributed by atoms with van der Waals surface area (Å²) in [4.78, 5) is 7.96. The highest BCUT2D eigenvalue weighted by Crippen LogP contribution is 2.25. The molecule has 0 spiro atoms. The lowest BCUT2D eigenvalue weighted by Crippen LogP contribution is -2.07. The summed E-state index contributed by atoms with van der Waals surface area (Å²) >= 11 is 0. The molecule has 234 valence electrons. The molecular formula is C44H38N4. The van der Waals surface area contributed by atoms with Crippen LogP contribution in [0.15, 0.2) is 121 Å². The molecule has 0 heterocycles. The summed E-state index contributed by atoms with van der Waals surface area (Å²) in [5, 5.41) is 9.94. The zero-order chi connectivity index (χ0) is 33.9. The minimum Gasteiger partial charge on any atom is -0.378 e. The van der Waals surface area contributed by atoms with Crippen LogP contribution in [0.1, 0.15) is 44.5 Å². The molecule has 0 unspecified atom stereocenters. The Hall–Kier alpha value is -6.36. The fourth-order valence-electron chi connectivity index (χ4n) is 5.06. The SMILES string of the molecule is [C-]#[N+]/C(=C\c1ccc(/C=C/c2ccc(N(C)C)cc2)cc1)c1ccc(/C(C#N)=C/c2ccc(/C=C/c3ccc(N(C)C)cc3)cc2)cc1. The van der Waals surface area contributed by atoms with E-state index in [9.17, 15) is 5.26 Å². The first-order chi connectivity index (χ1) is 23.3. The van der Waals surface area contributed by atoms with Gasteiger partial charge in [-0.15, -0.1) is 0 Å². The van der Waals surface area contributed by atoms with Gasteiger partial charge < -0.3 is 9.80 Å². The lowest BCUT2D eigenvalue weighted by atomic mass is 10.00. The molecule has 4 heteroatoms. The Kier molecular flexibility index (Phi) is 10.8. The normalized spacial score (nSPS) is 11.8. The van der Waals surface area contributed by atoms with Crippen LogP contribution in [0.4, 0.5) is 11.4 Å². The van der Waals surface area contributed by atoms with E-state index in [1.165, 1.54) is 11.4 Å². The molecule has 0 fully saturated rings. The van der Waals surface area contributed by atoms with E-state index < -0.39 is 0 Å². The Labute approximate surface area is 285 Å². The number of allylic oxidation sites excluding steroid dienone is 1. The average molecular weight is 623 g/mol. The minimum atomic E-state index is 0.547. The van der Waals surface area contributed by atoms with Gasteiger partial charge in [-0.25, -0.2) is 4.85 Å². The number of anilines is 2. The molecule has 0 bridgehead atoms. The largest absolute Gasteiger partial charge is 0.378 e. The van der Waals surface area contributed by atoms with Crippen molar-refractivity contribution < 1.29 is 0 Å². The van der Waals surface area contributed by atoms with Gasteiger partial charge in [-0.2, -0.15) is 5.26 Å². The van der Waals surface area contributed by atoms with Crippen molar-refractivity contribution in [2.45, 2.75) is 0 Å². The average Bonchev–Trinajstić information content (AvgIpc) is 3.12. The van der Waals surface area contributed by atoms with Crippen molar-refractivity contribution in [2.75, 3.05) is 38.0 Å². The maximum absolute atomic E-state index is 9.94. The van der Waals surface area contributed by atoms with Gasteiger partial charge in [0.2, 0.25) is 0 Å². The molecule has 5 aromatic rings. The lowest BCUT2D eigenvalue weighted by molar-refractivity contribution is 1.13. The maximum Gasteiger partial charge on any atom is 0.194 e. The molecule has 0 aliphatic heterocycles. The third-order valence-corrected chi connectivity index (χ3v) is 7.98. The second kappa shape index (κ2) is 15.8. The first-order valence-corrected chi connectivity index (χ1v) is 15.7. The minimum absolute atomic E-state index is 0.547. The smallest absolute Gasteiger partial charge is 0.194 e. The maximum atomic E-state index is 9.94. The topological polar surface area (TPSA) is 34.6 Å². The summed E-state index contributed by atoms with van der Waals surface area (Å²) in [5.74, 6) is 0. The second-order valence-corrected chi connectivity index (χ2v) is 11.9. The first kappa shape index (κ1) is 33.0. The molecule has 0 aliphatic rings. The van der Waals surface area contributed by atoms with Crippen molar-refractivity contribution in [3.8, 4) is 6.07 Å². The summed E-state index contributed by atoms with van der Waals surface area (Å²) in [7, 11) is 8.13. The van der Waals surface area contributed by atoms with Crippen molar-refractivity contribution in [1.29, 1.82) is 5.26 Å². The monoisotopic (exact) mass is 622 g/mol. The van der Waals surface area contributed by atoms with Crippen LogP contribution in [-0.2, 0) is 0 Å².